The lowest BCUT2D eigenvalue weighted by atomic mass is 9.98. The van der Waals surface area contributed by atoms with Crippen molar-refractivity contribution < 1.29 is 14.7 Å². The van der Waals surface area contributed by atoms with Gasteiger partial charge in [-0.05, 0) is 39.0 Å². The monoisotopic (exact) mass is 284 g/mol. The van der Waals surface area contributed by atoms with Gasteiger partial charge in [0.25, 0.3) is 0 Å². The van der Waals surface area contributed by atoms with Crippen molar-refractivity contribution >= 4 is 12.0 Å². The SMILES string of the molecule is CCC1CCCN(C(=O)N(CCC(=O)O)C(C)C)CC1. The Labute approximate surface area is 121 Å². The molecule has 116 valence electrons. The molecule has 1 saturated heterocycles. The van der Waals surface area contributed by atoms with E-state index in [1.165, 1.54) is 12.8 Å². The molecule has 0 aliphatic carbocycles. The molecule has 0 bridgehead atoms. The van der Waals surface area contributed by atoms with E-state index >= 15 is 0 Å². The zero-order valence-corrected chi connectivity index (χ0v) is 13.0. The number of amides is 2. The molecule has 2 amide bonds. The standard InChI is InChI=1S/C15H28N2O3/c1-4-13-6-5-9-16(10-7-13)15(20)17(12(2)3)11-8-14(18)19/h12-13H,4-11H2,1-3H3,(H,18,19). The number of aliphatic carboxylic acids is 1. The normalized spacial score (nSPS) is 19.8. The first-order chi connectivity index (χ1) is 9.45. The van der Waals surface area contributed by atoms with E-state index in [1.807, 2.05) is 18.7 Å². The maximum Gasteiger partial charge on any atom is 0.320 e. The van der Waals surface area contributed by atoms with Crippen molar-refractivity contribution in [3.8, 4) is 0 Å². The topological polar surface area (TPSA) is 60.9 Å². The Hall–Kier alpha value is -1.26. The molecule has 5 nitrogen and oxygen atoms in total. The van der Waals surface area contributed by atoms with Crippen LogP contribution in [0.3, 0.4) is 0 Å². The molecule has 0 radical (unpaired) electrons. The van der Waals surface area contributed by atoms with Crippen LogP contribution in [-0.4, -0.2) is 52.6 Å². The maximum atomic E-state index is 12.6. The van der Waals surface area contributed by atoms with Crippen LogP contribution in [0.5, 0.6) is 0 Å². The Morgan fingerprint density at radius 3 is 2.55 bits per heavy atom. The molecular weight excluding hydrogens is 256 g/mol. The summed E-state index contributed by atoms with van der Waals surface area (Å²) in [6, 6.07) is 0.0325. The maximum absolute atomic E-state index is 12.6. The van der Waals surface area contributed by atoms with Crippen molar-refractivity contribution in [2.45, 2.75) is 58.9 Å². The Morgan fingerprint density at radius 2 is 2.00 bits per heavy atom. The highest BCUT2D eigenvalue weighted by molar-refractivity contribution is 5.75. The summed E-state index contributed by atoms with van der Waals surface area (Å²) in [5.41, 5.74) is 0. The summed E-state index contributed by atoms with van der Waals surface area (Å²) in [6.07, 6.45) is 4.49. The molecule has 1 heterocycles. The number of carboxylic acid groups (broad SMARTS) is 1. The number of likely N-dealkylation sites (tertiary alicyclic amines) is 1. The number of hydrogen-bond donors (Lipinski definition) is 1. The van der Waals surface area contributed by atoms with Gasteiger partial charge in [-0.2, -0.15) is 0 Å². The summed E-state index contributed by atoms with van der Waals surface area (Å²) in [6.45, 7) is 7.97. The Balaban J connectivity index is 2.61. The molecule has 1 rings (SSSR count). The minimum Gasteiger partial charge on any atom is -0.481 e. The van der Waals surface area contributed by atoms with E-state index in [0.717, 1.165) is 31.8 Å². The van der Waals surface area contributed by atoms with Crippen LogP contribution in [0.15, 0.2) is 0 Å². The van der Waals surface area contributed by atoms with Crippen LogP contribution >= 0.6 is 0 Å². The van der Waals surface area contributed by atoms with Gasteiger partial charge in [-0.1, -0.05) is 13.3 Å². The van der Waals surface area contributed by atoms with Crippen molar-refractivity contribution in [2.24, 2.45) is 5.92 Å². The fourth-order valence-corrected chi connectivity index (χ4v) is 2.74. The van der Waals surface area contributed by atoms with E-state index in [9.17, 15) is 9.59 Å². The zero-order valence-electron chi connectivity index (χ0n) is 13.0. The minimum atomic E-state index is -0.856. The van der Waals surface area contributed by atoms with E-state index < -0.39 is 5.97 Å². The van der Waals surface area contributed by atoms with Crippen LogP contribution in [0.25, 0.3) is 0 Å². The molecule has 1 unspecified atom stereocenters. The van der Waals surface area contributed by atoms with Gasteiger partial charge >= 0.3 is 12.0 Å². The van der Waals surface area contributed by atoms with Gasteiger partial charge in [0.1, 0.15) is 0 Å². The van der Waals surface area contributed by atoms with Crippen LogP contribution in [0.1, 0.15) is 52.9 Å². The van der Waals surface area contributed by atoms with E-state index in [0.29, 0.717) is 6.54 Å². The third-order valence-corrected chi connectivity index (χ3v) is 4.13. The van der Waals surface area contributed by atoms with Crippen LogP contribution in [0.4, 0.5) is 4.79 Å². The lowest BCUT2D eigenvalue weighted by Crippen LogP contribution is -2.47. The molecule has 0 aromatic rings. The minimum absolute atomic E-state index is 0.00185. The van der Waals surface area contributed by atoms with E-state index in [2.05, 4.69) is 6.92 Å². The Kier molecular flexibility index (Phi) is 6.82. The summed E-state index contributed by atoms with van der Waals surface area (Å²) in [4.78, 5) is 26.9. The lowest BCUT2D eigenvalue weighted by Gasteiger charge is -2.32. The molecule has 5 heteroatoms. The van der Waals surface area contributed by atoms with E-state index in [1.54, 1.807) is 4.90 Å². The largest absolute Gasteiger partial charge is 0.481 e. The van der Waals surface area contributed by atoms with Crippen molar-refractivity contribution in [3.63, 3.8) is 0 Å². The van der Waals surface area contributed by atoms with Crippen LogP contribution in [-0.2, 0) is 4.79 Å². The molecule has 1 aliphatic heterocycles. The predicted octanol–water partition coefficient (Wildman–Crippen LogP) is 2.80. The van der Waals surface area contributed by atoms with Gasteiger partial charge in [0, 0.05) is 25.7 Å². The third kappa shape index (κ3) is 5.02. The third-order valence-electron chi connectivity index (χ3n) is 4.13. The van der Waals surface area contributed by atoms with Gasteiger partial charge < -0.3 is 14.9 Å². The molecule has 20 heavy (non-hydrogen) atoms. The summed E-state index contributed by atoms with van der Waals surface area (Å²) >= 11 is 0. The average molecular weight is 284 g/mol. The van der Waals surface area contributed by atoms with Gasteiger partial charge in [0.15, 0.2) is 0 Å². The molecule has 1 aliphatic rings. The Bertz CT molecular complexity index is 331. The lowest BCUT2D eigenvalue weighted by molar-refractivity contribution is -0.137. The highest BCUT2D eigenvalue weighted by Gasteiger charge is 2.25. The number of carboxylic acids is 1. The highest BCUT2D eigenvalue weighted by atomic mass is 16.4. The average Bonchev–Trinajstić information content (AvgIpc) is 2.63. The smallest absolute Gasteiger partial charge is 0.320 e. The number of nitrogens with zero attached hydrogens (tertiary/aromatic N) is 2. The molecular formula is C15H28N2O3. The number of rotatable bonds is 5. The number of hydrogen-bond acceptors (Lipinski definition) is 2. The molecule has 1 N–H and O–H groups in total. The molecule has 0 aromatic heterocycles. The fourth-order valence-electron chi connectivity index (χ4n) is 2.74. The molecule has 0 aromatic carbocycles. The first kappa shape index (κ1) is 16.8. The zero-order chi connectivity index (χ0) is 15.1. The van der Waals surface area contributed by atoms with Gasteiger partial charge in [0.2, 0.25) is 0 Å². The van der Waals surface area contributed by atoms with Crippen molar-refractivity contribution in [1.29, 1.82) is 0 Å². The van der Waals surface area contributed by atoms with Gasteiger partial charge in [-0.25, -0.2) is 4.79 Å². The van der Waals surface area contributed by atoms with Crippen molar-refractivity contribution in [2.75, 3.05) is 19.6 Å². The predicted molar refractivity (Wildman–Crippen MR) is 78.7 cm³/mol. The second-order valence-electron chi connectivity index (χ2n) is 5.91. The fraction of sp³-hybridized carbons (Fsp3) is 0.867. The summed E-state index contributed by atoms with van der Waals surface area (Å²) < 4.78 is 0. The quantitative estimate of drug-likeness (QED) is 0.844. The molecule has 1 fully saturated rings. The van der Waals surface area contributed by atoms with Crippen molar-refractivity contribution in [1.82, 2.24) is 9.80 Å². The summed E-state index contributed by atoms with van der Waals surface area (Å²) in [5, 5.41) is 8.80. The Morgan fingerprint density at radius 1 is 1.30 bits per heavy atom. The van der Waals surface area contributed by atoms with Crippen LogP contribution < -0.4 is 0 Å². The van der Waals surface area contributed by atoms with Crippen LogP contribution in [0, 0.1) is 5.92 Å². The first-order valence-electron chi connectivity index (χ1n) is 7.73. The second-order valence-corrected chi connectivity index (χ2v) is 5.91. The summed E-state index contributed by atoms with van der Waals surface area (Å²) in [7, 11) is 0. The van der Waals surface area contributed by atoms with E-state index in [4.69, 9.17) is 5.11 Å². The van der Waals surface area contributed by atoms with Crippen molar-refractivity contribution in [3.05, 3.63) is 0 Å². The van der Waals surface area contributed by atoms with Gasteiger partial charge in [-0.15, -0.1) is 0 Å². The van der Waals surface area contributed by atoms with Gasteiger partial charge in [-0.3, -0.25) is 4.79 Å². The first-order valence-corrected chi connectivity index (χ1v) is 7.73. The molecule has 0 saturated carbocycles. The second kappa shape index (κ2) is 8.12. The van der Waals surface area contributed by atoms with Gasteiger partial charge in [0.05, 0.1) is 6.42 Å². The highest BCUT2D eigenvalue weighted by Crippen LogP contribution is 2.21. The van der Waals surface area contributed by atoms with Crippen LogP contribution in [0.2, 0.25) is 0 Å². The number of carbonyl (C=O) groups excluding carboxylic acids is 1. The molecule has 1 atom stereocenters. The van der Waals surface area contributed by atoms with E-state index in [-0.39, 0.29) is 18.5 Å². The number of carbonyl (C=O) groups is 2. The molecule has 0 spiro atoms. The number of urea groups is 1. The summed E-state index contributed by atoms with van der Waals surface area (Å²) in [5.74, 6) is -0.135.